The zero-order valence-electron chi connectivity index (χ0n) is 18.9. The number of aromatic nitrogens is 1. The first kappa shape index (κ1) is 25.0. The second kappa shape index (κ2) is 8.93. The Morgan fingerprint density at radius 1 is 1.24 bits per heavy atom. The van der Waals surface area contributed by atoms with Gasteiger partial charge in [-0.05, 0) is 63.6 Å². The first-order chi connectivity index (χ1) is 15.7. The lowest BCUT2D eigenvalue weighted by Gasteiger charge is -2.27. The minimum absolute atomic E-state index is 0.0361. The van der Waals surface area contributed by atoms with E-state index in [0.29, 0.717) is 0 Å². The quantitative estimate of drug-likeness (QED) is 0.614. The molecule has 3 rings (SSSR count). The third-order valence-electron chi connectivity index (χ3n) is 5.24. The fourth-order valence-corrected chi connectivity index (χ4v) is 3.43. The molecule has 1 aromatic carbocycles. The Hall–Kier alpha value is -3.67. The maximum absolute atomic E-state index is 13.3. The molecule has 3 N–H and O–H groups in total. The van der Waals surface area contributed by atoms with Crippen LogP contribution in [-0.2, 0) is 16.1 Å². The summed E-state index contributed by atoms with van der Waals surface area (Å²) < 4.78 is 42.5. The van der Waals surface area contributed by atoms with Gasteiger partial charge in [-0.1, -0.05) is 0 Å². The molecule has 12 heteroatoms. The number of imide groups is 1. The maximum Gasteiger partial charge on any atom is 0.573 e. The van der Waals surface area contributed by atoms with Crippen LogP contribution in [0.5, 0.6) is 5.75 Å². The Balaban J connectivity index is 1.99. The molecule has 1 atom stereocenters. The highest BCUT2D eigenvalue weighted by Crippen LogP contribution is 2.38. The van der Waals surface area contributed by atoms with E-state index in [9.17, 15) is 27.6 Å². The van der Waals surface area contributed by atoms with Crippen LogP contribution in [0.15, 0.2) is 36.5 Å². The predicted octanol–water partition coefficient (Wildman–Crippen LogP) is 3.32. The average molecular weight is 479 g/mol. The molecule has 0 saturated carbocycles. The number of amides is 4. The van der Waals surface area contributed by atoms with Gasteiger partial charge in [-0.2, -0.15) is 0 Å². The molecule has 1 unspecified atom stereocenters. The molecule has 0 radical (unpaired) electrons. The second-order valence-corrected chi connectivity index (χ2v) is 8.38. The highest BCUT2D eigenvalue weighted by molar-refractivity contribution is 6.23. The molecule has 4 amide bonds. The Bertz CT molecular complexity index is 1130. The molecule has 0 aliphatic carbocycles. The number of pyridine rings is 1. The topological polar surface area (TPSA) is 118 Å². The Morgan fingerprint density at radius 2 is 1.91 bits per heavy atom. The summed E-state index contributed by atoms with van der Waals surface area (Å²) in [5.41, 5.74) is 5.31. The largest absolute Gasteiger partial charge is 0.573 e. The minimum Gasteiger partial charge on any atom is -0.404 e. The monoisotopic (exact) mass is 479 g/mol. The van der Waals surface area contributed by atoms with Gasteiger partial charge in [-0.25, -0.2) is 9.69 Å². The Morgan fingerprint density at radius 3 is 2.50 bits per heavy atom. The standard InChI is InChI=1S/C22H24F3N5O4/c1-12-9-14(7-8-27-12)11-29-20(33)30(19(32)21(29,3)4)15-5-6-17(34-22(23,24)25)16(10-15)28-18(31)13(2)26/h5-10,13H,11,26H2,1-4H3,(H,28,31). The summed E-state index contributed by atoms with van der Waals surface area (Å²) in [6.07, 6.45) is -3.44. The van der Waals surface area contributed by atoms with Crippen molar-refractivity contribution in [2.75, 3.05) is 10.2 Å². The number of halogens is 3. The van der Waals surface area contributed by atoms with Gasteiger partial charge in [-0.15, -0.1) is 13.2 Å². The zero-order chi connectivity index (χ0) is 25.4. The van der Waals surface area contributed by atoms with Crippen LogP contribution < -0.4 is 20.7 Å². The van der Waals surface area contributed by atoms with Gasteiger partial charge < -0.3 is 20.7 Å². The van der Waals surface area contributed by atoms with E-state index in [1.807, 2.05) is 0 Å². The molecule has 1 saturated heterocycles. The van der Waals surface area contributed by atoms with Crippen LogP contribution in [0.25, 0.3) is 0 Å². The number of hydrogen-bond acceptors (Lipinski definition) is 6. The molecule has 34 heavy (non-hydrogen) atoms. The number of ether oxygens (including phenoxy) is 1. The van der Waals surface area contributed by atoms with Crippen LogP contribution >= 0.6 is 0 Å². The SMILES string of the molecule is Cc1cc(CN2C(=O)N(c3ccc(OC(F)(F)F)c(NC(=O)C(C)N)c3)C(=O)C2(C)C)ccn1. The van der Waals surface area contributed by atoms with Crippen molar-refractivity contribution in [2.24, 2.45) is 5.73 Å². The van der Waals surface area contributed by atoms with E-state index in [1.54, 1.807) is 39.1 Å². The molecule has 0 spiro atoms. The normalized spacial score (nSPS) is 16.6. The summed E-state index contributed by atoms with van der Waals surface area (Å²) in [4.78, 5) is 44.8. The highest BCUT2D eigenvalue weighted by atomic mass is 19.4. The molecule has 1 aromatic heterocycles. The number of alkyl halides is 3. The molecular formula is C22H24F3N5O4. The van der Waals surface area contributed by atoms with Crippen molar-refractivity contribution >= 4 is 29.2 Å². The van der Waals surface area contributed by atoms with E-state index in [-0.39, 0.29) is 12.2 Å². The van der Waals surface area contributed by atoms with E-state index in [0.717, 1.165) is 34.4 Å². The van der Waals surface area contributed by atoms with E-state index in [4.69, 9.17) is 5.73 Å². The van der Waals surface area contributed by atoms with Crippen LogP contribution in [0, 0.1) is 6.92 Å². The molecular weight excluding hydrogens is 455 g/mol. The van der Waals surface area contributed by atoms with Crippen molar-refractivity contribution in [1.29, 1.82) is 0 Å². The van der Waals surface area contributed by atoms with Crippen LogP contribution in [0.4, 0.5) is 29.3 Å². The first-order valence-electron chi connectivity index (χ1n) is 10.2. The number of carbonyl (C=O) groups excluding carboxylic acids is 3. The molecule has 2 heterocycles. The number of nitrogens with zero attached hydrogens (tertiary/aromatic N) is 3. The first-order valence-corrected chi connectivity index (χ1v) is 10.2. The van der Waals surface area contributed by atoms with Crippen molar-refractivity contribution in [2.45, 2.75) is 52.2 Å². The second-order valence-electron chi connectivity index (χ2n) is 8.38. The van der Waals surface area contributed by atoms with Gasteiger partial charge in [0.05, 0.1) is 17.4 Å². The van der Waals surface area contributed by atoms with Gasteiger partial charge in [0, 0.05) is 18.4 Å². The minimum atomic E-state index is -5.03. The lowest BCUT2D eigenvalue weighted by atomic mass is 10.0. The van der Waals surface area contributed by atoms with Crippen molar-refractivity contribution in [3.63, 3.8) is 0 Å². The number of rotatable bonds is 6. The lowest BCUT2D eigenvalue weighted by Crippen LogP contribution is -2.43. The van der Waals surface area contributed by atoms with Gasteiger partial charge in [0.2, 0.25) is 5.91 Å². The molecule has 1 fully saturated rings. The summed E-state index contributed by atoms with van der Waals surface area (Å²) in [6.45, 7) is 6.39. The number of aryl methyl sites for hydroxylation is 1. The zero-order valence-corrected chi connectivity index (χ0v) is 18.9. The summed E-state index contributed by atoms with van der Waals surface area (Å²) in [6, 6.07) is 4.91. The number of anilines is 2. The van der Waals surface area contributed by atoms with Crippen LogP contribution in [0.3, 0.4) is 0 Å². The van der Waals surface area contributed by atoms with Crippen molar-refractivity contribution in [3.05, 3.63) is 47.8 Å². The molecule has 9 nitrogen and oxygen atoms in total. The van der Waals surface area contributed by atoms with Gasteiger partial charge in [0.15, 0.2) is 5.75 Å². The molecule has 0 bridgehead atoms. The molecule has 1 aliphatic heterocycles. The van der Waals surface area contributed by atoms with Crippen molar-refractivity contribution in [1.82, 2.24) is 9.88 Å². The summed E-state index contributed by atoms with van der Waals surface area (Å²) >= 11 is 0. The summed E-state index contributed by atoms with van der Waals surface area (Å²) in [7, 11) is 0. The van der Waals surface area contributed by atoms with Crippen LogP contribution in [-0.4, -0.2) is 45.7 Å². The van der Waals surface area contributed by atoms with Gasteiger partial charge in [0.1, 0.15) is 5.54 Å². The van der Waals surface area contributed by atoms with Crippen LogP contribution in [0.1, 0.15) is 32.0 Å². The number of benzene rings is 1. The predicted molar refractivity (Wildman–Crippen MR) is 117 cm³/mol. The van der Waals surface area contributed by atoms with Gasteiger partial charge in [0.25, 0.3) is 5.91 Å². The van der Waals surface area contributed by atoms with E-state index >= 15 is 0 Å². The molecule has 2 aromatic rings. The van der Waals surface area contributed by atoms with Crippen LogP contribution in [0.2, 0.25) is 0 Å². The fourth-order valence-electron chi connectivity index (χ4n) is 3.43. The van der Waals surface area contributed by atoms with E-state index in [2.05, 4.69) is 15.0 Å². The van der Waals surface area contributed by atoms with E-state index in [1.165, 1.54) is 11.8 Å². The third kappa shape index (κ3) is 5.11. The Labute approximate surface area is 193 Å². The third-order valence-corrected chi connectivity index (χ3v) is 5.24. The summed E-state index contributed by atoms with van der Waals surface area (Å²) in [5, 5.41) is 2.25. The summed E-state index contributed by atoms with van der Waals surface area (Å²) in [5.74, 6) is -2.08. The van der Waals surface area contributed by atoms with Crippen molar-refractivity contribution < 1.29 is 32.3 Å². The smallest absolute Gasteiger partial charge is 0.404 e. The fraction of sp³-hybridized carbons (Fsp3) is 0.364. The van der Waals surface area contributed by atoms with Crippen molar-refractivity contribution in [3.8, 4) is 5.75 Å². The number of nitrogens with two attached hydrogens (primary N) is 1. The lowest BCUT2D eigenvalue weighted by molar-refractivity contribution is -0.274. The highest BCUT2D eigenvalue weighted by Gasteiger charge is 2.52. The van der Waals surface area contributed by atoms with Gasteiger partial charge >= 0.3 is 12.4 Å². The number of hydrogen-bond donors (Lipinski definition) is 2. The maximum atomic E-state index is 13.3. The number of nitrogens with one attached hydrogen (secondary N) is 1. The molecule has 1 aliphatic rings. The number of carbonyl (C=O) groups is 3. The Kier molecular flexibility index (Phi) is 6.56. The number of urea groups is 1. The average Bonchev–Trinajstić information content (AvgIpc) is 2.88. The van der Waals surface area contributed by atoms with E-state index < -0.39 is 47.2 Å². The molecule has 182 valence electrons. The van der Waals surface area contributed by atoms with Gasteiger partial charge in [-0.3, -0.25) is 14.6 Å².